The van der Waals surface area contributed by atoms with Gasteiger partial charge in [0.05, 0.1) is 12.3 Å². The van der Waals surface area contributed by atoms with Crippen molar-refractivity contribution < 1.29 is 13.2 Å². The number of aliphatic imine (C=N–C) groups is 1. The van der Waals surface area contributed by atoms with Crippen LogP contribution in [-0.4, -0.2) is 45.4 Å². The number of nitrogens with zero attached hydrogens (tertiary/aromatic N) is 1. The zero-order chi connectivity index (χ0) is 20.4. The lowest BCUT2D eigenvalue weighted by atomic mass is 9.86. The molecule has 0 radical (unpaired) electrons. The monoisotopic (exact) mass is 536 g/mol. The van der Waals surface area contributed by atoms with E-state index in [-0.39, 0.29) is 35.6 Å². The van der Waals surface area contributed by atoms with E-state index in [4.69, 9.17) is 4.74 Å². The van der Waals surface area contributed by atoms with Crippen LogP contribution >= 0.6 is 24.0 Å². The first-order valence-corrected chi connectivity index (χ1v) is 11.7. The summed E-state index contributed by atoms with van der Waals surface area (Å²) in [6.07, 6.45) is 6.63. The Morgan fingerprint density at radius 3 is 2.55 bits per heavy atom. The molecular formula is C20H33IN4O3S. The van der Waals surface area contributed by atoms with Crippen molar-refractivity contribution in [2.24, 2.45) is 4.99 Å². The largest absolute Gasteiger partial charge is 0.487 e. The number of fused-ring (bicyclic) bond motifs is 1. The molecule has 29 heavy (non-hydrogen) atoms. The van der Waals surface area contributed by atoms with Crippen molar-refractivity contribution in [2.45, 2.75) is 63.1 Å². The van der Waals surface area contributed by atoms with Gasteiger partial charge in [0.2, 0.25) is 10.0 Å². The number of hydrogen-bond acceptors (Lipinski definition) is 4. The summed E-state index contributed by atoms with van der Waals surface area (Å²) in [4.78, 5) is 4.35. The molecule has 3 N–H and O–H groups in total. The van der Waals surface area contributed by atoms with Crippen LogP contribution in [0.1, 0.15) is 57.6 Å². The van der Waals surface area contributed by atoms with Crippen molar-refractivity contribution >= 4 is 40.0 Å². The van der Waals surface area contributed by atoms with Crippen LogP contribution in [0.15, 0.2) is 29.3 Å². The smallest absolute Gasteiger partial charge is 0.209 e. The quantitative estimate of drug-likeness (QED) is 0.306. The molecular weight excluding hydrogens is 503 g/mol. The van der Waals surface area contributed by atoms with Gasteiger partial charge in [0.25, 0.3) is 0 Å². The van der Waals surface area contributed by atoms with Gasteiger partial charge in [0.15, 0.2) is 5.96 Å². The van der Waals surface area contributed by atoms with E-state index >= 15 is 0 Å². The number of para-hydroxylation sites is 1. The van der Waals surface area contributed by atoms with Crippen molar-refractivity contribution in [1.29, 1.82) is 0 Å². The molecule has 1 aliphatic heterocycles. The van der Waals surface area contributed by atoms with Gasteiger partial charge in [0, 0.05) is 31.1 Å². The molecule has 164 valence electrons. The van der Waals surface area contributed by atoms with E-state index in [0.29, 0.717) is 12.5 Å². The van der Waals surface area contributed by atoms with Crippen molar-refractivity contribution in [1.82, 2.24) is 15.4 Å². The molecule has 0 saturated heterocycles. The number of ether oxygens (including phenoxy) is 1. The molecule has 2 aliphatic rings. The van der Waals surface area contributed by atoms with Crippen LogP contribution in [0.2, 0.25) is 0 Å². The summed E-state index contributed by atoms with van der Waals surface area (Å²) in [5.74, 6) is 1.60. The lowest BCUT2D eigenvalue weighted by Crippen LogP contribution is -2.54. The summed E-state index contributed by atoms with van der Waals surface area (Å²) in [6.45, 7) is 4.09. The number of hydrogen-bond donors (Lipinski definition) is 3. The van der Waals surface area contributed by atoms with Crippen LogP contribution in [0.4, 0.5) is 0 Å². The van der Waals surface area contributed by atoms with E-state index in [0.717, 1.165) is 30.6 Å². The van der Waals surface area contributed by atoms with E-state index < -0.39 is 15.6 Å². The minimum Gasteiger partial charge on any atom is -0.487 e. The average Bonchev–Trinajstić information content (AvgIpc) is 3.03. The number of nitrogens with one attached hydrogen (secondary N) is 3. The number of sulfonamides is 1. The fourth-order valence-electron chi connectivity index (χ4n) is 4.27. The molecule has 3 rings (SSSR count). The molecule has 9 heteroatoms. The zero-order valence-electron chi connectivity index (χ0n) is 17.6. The highest BCUT2D eigenvalue weighted by atomic mass is 127. The Kier molecular flexibility index (Phi) is 7.83. The number of guanidine groups is 1. The van der Waals surface area contributed by atoms with Crippen LogP contribution in [-0.2, 0) is 10.0 Å². The third-order valence-corrected chi connectivity index (χ3v) is 6.33. The van der Waals surface area contributed by atoms with Crippen LogP contribution in [0.3, 0.4) is 0 Å². The highest BCUT2D eigenvalue weighted by Crippen LogP contribution is 2.46. The van der Waals surface area contributed by atoms with Gasteiger partial charge in [-0.25, -0.2) is 13.1 Å². The van der Waals surface area contributed by atoms with Crippen LogP contribution in [0.25, 0.3) is 0 Å². The van der Waals surface area contributed by atoms with E-state index in [9.17, 15) is 8.42 Å². The topological polar surface area (TPSA) is 91.8 Å². The lowest BCUT2D eigenvalue weighted by Gasteiger charge is -2.40. The average molecular weight is 536 g/mol. The Morgan fingerprint density at radius 2 is 1.93 bits per heavy atom. The Labute approximate surface area is 191 Å². The molecule has 1 heterocycles. The van der Waals surface area contributed by atoms with Gasteiger partial charge in [-0.3, -0.25) is 4.99 Å². The molecule has 1 aliphatic carbocycles. The van der Waals surface area contributed by atoms with Gasteiger partial charge in [-0.05, 0) is 45.6 Å². The van der Waals surface area contributed by atoms with E-state index in [1.54, 1.807) is 7.05 Å². The fourth-order valence-corrected chi connectivity index (χ4v) is 5.35. The first kappa shape index (κ1) is 24.2. The molecule has 1 aromatic carbocycles. The molecule has 1 fully saturated rings. The van der Waals surface area contributed by atoms with Gasteiger partial charge in [-0.2, -0.15) is 0 Å². The second-order valence-corrected chi connectivity index (χ2v) is 10.4. The van der Waals surface area contributed by atoms with Crippen LogP contribution < -0.4 is 20.1 Å². The molecule has 1 saturated carbocycles. The first-order valence-electron chi connectivity index (χ1n) is 9.86. The second-order valence-electron chi connectivity index (χ2n) is 8.61. The Balaban J connectivity index is 0.00000300. The molecule has 1 atom stereocenters. The summed E-state index contributed by atoms with van der Waals surface area (Å²) >= 11 is 0. The van der Waals surface area contributed by atoms with E-state index in [1.165, 1.54) is 19.1 Å². The normalized spacial score (nSPS) is 21.1. The third kappa shape index (κ3) is 6.45. The summed E-state index contributed by atoms with van der Waals surface area (Å²) in [5.41, 5.74) is 0.407. The summed E-state index contributed by atoms with van der Waals surface area (Å²) < 4.78 is 32.2. The highest BCUT2D eigenvalue weighted by Gasteiger charge is 2.43. The van der Waals surface area contributed by atoms with Gasteiger partial charge < -0.3 is 15.4 Å². The molecule has 1 aromatic rings. The molecule has 1 unspecified atom stereocenters. The van der Waals surface area contributed by atoms with Gasteiger partial charge in [-0.1, -0.05) is 18.2 Å². The predicted molar refractivity (Wildman–Crippen MR) is 128 cm³/mol. The maximum atomic E-state index is 11.6. The Hall–Kier alpha value is -1.07. The van der Waals surface area contributed by atoms with Crippen molar-refractivity contribution in [3.63, 3.8) is 0 Å². The predicted octanol–water partition coefficient (Wildman–Crippen LogP) is 2.93. The summed E-state index contributed by atoms with van der Waals surface area (Å²) in [5, 5.41) is 6.79. The highest BCUT2D eigenvalue weighted by molar-refractivity contribution is 14.0. The fraction of sp³-hybridized carbons (Fsp3) is 0.650. The summed E-state index contributed by atoms with van der Waals surface area (Å²) in [7, 11) is -1.56. The maximum Gasteiger partial charge on any atom is 0.209 e. The third-order valence-electron chi connectivity index (χ3n) is 5.41. The minimum atomic E-state index is -3.29. The Bertz CT molecular complexity index is 836. The standard InChI is InChI=1S/C20H32N4O3S.HI/c1-19(2,24-28(4,25)26)14-22-18(21-3)23-16-13-20(11-7-8-12-20)27-17-10-6-5-9-15(16)17;/h5-6,9-10,16,24H,7-8,11-14H2,1-4H3,(H2,21,22,23);1H. The number of halogens is 1. The molecule has 1 spiro atoms. The van der Waals surface area contributed by atoms with E-state index in [2.05, 4.69) is 26.4 Å². The van der Waals surface area contributed by atoms with Gasteiger partial charge in [-0.15, -0.1) is 24.0 Å². The second kappa shape index (κ2) is 9.38. The van der Waals surface area contributed by atoms with Gasteiger partial charge in [0.1, 0.15) is 11.4 Å². The minimum absolute atomic E-state index is 0. The van der Waals surface area contributed by atoms with Crippen molar-refractivity contribution in [2.75, 3.05) is 19.8 Å². The molecule has 0 aromatic heterocycles. The van der Waals surface area contributed by atoms with E-state index in [1.807, 2.05) is 32.0 Å². The van der Waals surface area contributed by atoms with Crippen LogP contribution in [0.5, 0.6) is 5.75 Å². The first-order chi connectivity index (χ1) is 13.1. The SMILES string of the molecule is CN=C(NCC(C)(C)NS(C)(=O)=O)NC1CC2(CCCC2)Oc2ccccc21.I. The number of benzene rings is 1. The maximum absolute atomic E-state index is 11.6. The van der Waals surface area contributed by atoms with Gasteiger partial charge >= 0.3 is 0 Å². The Morgan fingerprint density at radius 1 is 1.28 bits per heavy atom. The number of rotatable bonds is 5. The lowest BCUT2D eigenvalue weighted by molar-refractivity contribution is 0.0396. The van der Waals surface area contributed by atoms with Crippen molar-refractivity contribution in [3.8, 4) is 5.75 Å². The van der Waals surface area contributed by atoms with Crippen molar-refractivity contribution in [3.05, 3.63) is 29.8 Å². The molecule has 0 bridgehead atoms. The molecule has 0 amide bonds. The van der Waals surface area contributed by atoms with Crippen LogP contribution in [0, 0.1) is 0 Å². The molecule has 7 nitrogen and oxygen atoms in total. The summed E-state index contributed by atoms with van der Waals surface area (Å²) in [6, 6.07) is 8.27. The zero-order valence-corrected chi connectivity index (χ0v) is 20.8.